The predicted octanol–water partition coefficient (Wildman–Crippen LogP) is 4.96. The summed E-state index contributed by atoms with van der Waals surface area (Å²) in [6.07, 6.45) is 2.08. The van der Waals surface area contributed by atoms with Crippen molar-refractivity contribution in [1.29, 1.82) is 0 Å². The minimum atomic E-state index is 0.0790. The Morgan fingerprint density at radius 2 is 1.95 bits per heavy atom. The van der Waals surface area contributed by atoms with Crippen molar-refractivity contribution in [2.24, 2.45) is 0 Å². The lowest BCUT2D eigenvalue weighted by Gasteiger charge is -2.22. The maximum atomic E-state index is 12.6. The molecule has 0 unspecified atom stereocenters. The molecule has 0 saturated heterocycles. The molecular formula is C15H16BrNOS. The van der Waals surface area contributed by atoms with Gasteiger partial charge in [0, 0.05) is 12.2 Å². The molecule has 2 rings (SSSR count). The molecule has 0 saturated carbocycles. The summed E-state index contributed by atoms with van der Waals surface area (Å²) < 4.78 is 0.986. The number of para-hydroxylation sites is 1. The van der Waals surface area contributed by atoms with Crippen LogP contribution in [-0.4, -0.2) is 12.5 Å². The van der Waals surface area contributed by atoms with E-state index in [4.69, 9.17) is 0 Å². The number of anilines is 1. The minimum Gasteiger partial charge on any atom is -0.308 e. The highest BCUT2D eigenvalue weighted by molar-refractivity contribution is 9.11. The zero-order valence-corrected chi connectivity index (χ0v) is 13.2. The summed E-state index contributed by atoms with van der Waals surface area (Å²) in [7, 11) is 0. The van der Waals surface area contributed by atoms with Gasteiger partial charge in [0.05, 0.1) is 8.66 Å². The van der Waals surface area contributed by atoms with Crippen molar-refractivity contribution in [3.8, 4) is 0 Å². The van der Waals surface area contributed by atoms with Gasteiger partial charge in [-0.2, -0.15) is 0 Å². The third-order valence-electron chi connectivity index (χ3n) is 2.83. The Bertz CT molecular complexity index is 538. The van der Waals surface area contributed by atoms with Crippen LogP contribution in [0.4, 0.5) is 5.69 Å². The summed E-state index contributed by atoms with van der Waals surface area (Å²) >= 11 is 4.88. The van der Waals surface area contributed by atoms with Gasteiger partial charge in [0.15, 0.2) is 0 Å². The van der Waals surface area contributed by atoms with E-state index >= 15 is 0 Å². The number of hydrogen-bond donors (Lipinski definition) is 0. The van der Waals surface area contributed by atoms with Gasteiger partial charge in [-0.15, -0.1) is 11.3 Å². The Kier molecular flexibility index (Phi) is 5.16. The highest BCUT2D eigenvalue weighted by Gasteiger charge is 2.18. The van der Waals surface area contributed by atoms with Crippen LogP contribution in [0, 0.1) is 0 Å². The molecule has 1 aromatic carbocycles. The summed E-state index contributed by atoms with van der Waals surface area (Å²) in [5.74, 6) is 0.0790. The van der Waals surface area contributed by atoms with Crippen LogP contribution < -0.4 is 4.90 Å². The molecule has 0 fully saturated rings. The second-order valence-corrected chi connectivity index (χ2v) is 6.71. The molecule has 0 aliphatic rings. The van der Waals surface area contributed by atoms with Crippen LogP contribution >= 0.6 is 27.3 Å². The van der Waals surface area contributed by atoms with E-state index in [2.05, 4.69) is 22.9 Å². The van der Waals surface area contributed by atoms with Crippen molar-refractivity contribution in [2.45, 2.75) is 19.8 Å². The number of carbonyl (C=O) groups excluding carboxylic acids is 1. The third kappa shape index (κ3) is 3.67. The summed E-state index contributed by atoms with van der Waals surface area (Å²) in [5.41, 5.74) is 0.963. The van der Waals surface area contributed by atoms with Crippen LogP contribution in [0.1, 0.15) is 29.4 Å². The number of benzene rings is 1. The zero-order chi connectivity index (χ0) is 13.7. The predicted molar refractivity (Wildman–Crippen MR) is 85.0 cm³/mol. The Morgan fingerprint density at radius 3 is 2.53 bits per heavy atom. The molecule has 0 aliphatic carbocycles. The van der Waals surface area contributed by atoms with Crippen molar-refractivity contribution in [1.82, 2.24) is 0 Å². The van der Waals surface area contributed by atoms with Gasteiger partial charge >= 0.3 is 0 Å². The molecule has 19 heavy (non-hydrogen) atoms. The van der Waals surface area contributed by atoms with Crippen LogP contribution in [0.2, 0.25) is 0 Å². The van der Waals surface area contributed by atoms with Crippen molar-refractivity contribution in [3.63, 3.8) is 0 Å². The van der Waals surface area contributed by atoms with E-state index in [0.717, 1.165) is 33.7 Å². The van der Waals surface area contributed by atoms with Crippen molar-refractivity contribution >= 4 is 38.9 Å². The first-order chi connectivity index (χ1) is 9.22. The van der Waals surface area contributed by atoms with Crippen LogP contribution in [0.15, 0.2) is 46.3 Å². The Balaban J connectivity index is 2.25. The first-order valence-corrected chi connectivity index (χ1v) is 7.95. The average molecular weight is 338 g/mol. The number of hydrogen-bond acceptors (Lipinski definition) is 2. The normalized spacial score (nSPS) is 10.4. The van der Waals surface area contributed by atoms with E-state index in [1.807, 2.05) is 47.4 Å². The Labute approximate surface area is 126 Å². The average Bonchev–Trinajstić information content (AvgIpc) is 2.87. The second-order valence-electron chi connectivity index (χ2n) is 4.25. The smallest absolute Gasteiger partial charge is 0.268 e. The zero-order valence-electron chi connectivity index (χ0n) is 10.8. The van der Waals surface area contributed by atoms with Crippen LogP contribution in [0.25, 0.3) is 0 Å². The van der Waals surface area contributed by atoms with Crippen molar-refractivity contribution in [3.05, 3.63) is 51.1 Å². The van der Waals surface area contributed by atoms with Gasteiger partial charge < -0.3 is 4.90 Å². The molecule has 1 heterocycles. The molecule has 0 N–H and O–H groups in total. The fraction of sp³-hybridized carbons (Fsp3) is 0.267. The lowest BCUT2D eigenvalue weighted by Crippen LogP contribution is -2.31. The number of thiophene rings is 1. The van der Waals surface area contributed by atoms with Crippen LogP contribution in [0.3, 0.4) is 0 Å². The van der Waals surface area contributed by atoms with Crippen molar-refractivity contribution < 1.29 is 4.79 Å². The molecule has 1 amide bonds. The molecular weight excluding hydrogens is 322 g/mol. The highest BCUT2D eigenvalue weighted by Crippen LogP contribution is 2.25. The maximum absolute atomic E-state index is 12.6. The third-order valence-corrected chi connectivity index (χ3v) is 4.44. The molecule has 0 spiro atoms. The SMILES string of the molecule is CCCCN(C(=O)c1ccc(Br)s1)c1ccccc1. The lowest BCUT2D eigenvalue weighted by atomic mass is 10.2. The summed E-state index contributed by atoms with van der Waals surface area (Å²) in [6, 6.07) is 13.7. The van der Waals surface area contributed by atoms with Gasteiger partial charge in [-0.25, -0.2) is 0 Å². The van der Waals surface area contributed by atoms with Crippen LogP contribution in [0.5, 0.6) is 0 Å². The van der Waals surface area contributed by atoms with Gasteiger partial charge in [0.2, 0.25) is 0 Å². The fourth-order valence-electron chi connectivity index (χ4n) is 1.83. The summed E-state index contributed by atoms with van der Waals surface area (Å²) in [4.78, 5) is 15.2. The van der Waals surface area contributed by atoms with Gasteiger partial charge in [-0.1, -0.05) is 31.5 Å². The largest absolute Gasteiger partial charge is 0.308 e. The fourth-order valence-corrected chi connectivity index (χ4v) is 3.17. The number of nitrogens with zero attached hydrogens (tertiary/aromatic N) is 1. The van der Waals surface area contributed by atoms with E-state index in [1.165, 1.54) is 11.3 Å². The molecule has 1 aromatic heterocycles. The number of carbonyl (C=O) groups is 1. The molecule has 0 aliphatic heterocycles. The molecule has 100 valence electrons. The molecule has 0 bridgehead atoms. The maximum Gasteiger partial charge on any atom is 0.268 e. The number of unbranched alkanes of at least 4 members (excludes halogenated alkanes) is 1. The van der Waals surface area contributed by atoms with Gasteiger partial charge in [0.1, 0.15) is 0 Å². The molecule has 0 atom stereocenters. The monoisotopic (exact) mass is 337 g/mol. The van der Waals surface area contributed by atoms with Crippen LogP contribution in [-0.2, 0) is 0 Å². The van der Waals surface area contributed by atoms with E-state index in [-0.39, 0.29) is 5.91 Å². The van der Waals surface area contributed by atoms with Gasteiger partial charge in [-0.3, -0.25) is 4.79 Å². The molecule has 2 nitrogen and oxygen atoms in total. The second kappa shape index (κ2) is 6.87. The highest BCUT2D eigenvalue weighted by atomic mass is 79.9. The first kappa shape index (κ1) is 14.3. The molecule has 0 radical (unpaired) electrons. The Hall–Kier alpha value is -1.13. The van der Waals surface area contributed by atoms with Gasteiger partial charge in [-0.05, 0) is 46.6 Å². The van der Waals surface area contributed by atoms with Crippen molar-refractivity contribution in [2.75, 3.05) is 11.4 Å². The Morgan fingerprint density at radius 1 is 1.21 bits per heavy atom. The first-order valence-electron chi connectivity index (χ1n) is 6.34. The lowest BCUT2D eigenvalue weighted by molar-refractivity contribution is 0.0990. The summed E-state index contributed by atoms with van der Waals surface area (Å²) in [6.45, 7) is 2.89. The molecule has 2 aromatic rings. The van der Waals surface area contributed by atoms with Gasteiger partial charge in [0.25, 0.3) is 5.91 Å². The van der Waals surface area contributed by atoms with E-state index in [0.29, 0.717) is 0 Å². The minimum absolute atomic E-state index is 0.0790. The standard InChI is InChI=1S/C15H16BrNOS/c1-2-3-11-17(12-7-5-4-6-8-12)15(18)13-9-10-14(16)19-13/h4-10H,2-3,11H2,1H3. The number of halogens is 1. The summed E-state index contributed by atoms with van der Waals surface area (Å²) in [5, 5.41) is 0. The number of amides is 1. The quantitative estimate of drug-likeness (QED) is 0.755. The number of rotatable bonds is 5. The van der Waals surface area contributed by atoms with E-state index in [9.17, 15) is 4.79 Å². The van der Waals surface area contributed by atoms with E-state index in [1.54, 1.807) is 0 Å². The topological polar surface area (TPSA) is 20.3 Å². The van der Waals surface area contributed by atoms with E-state index < -0.39 is 0 Å². The molecule has 4 heteroatoms.